The minimum atomic E-state index is -0.458. The topological polar surface area (TPSA) is 74.2 Å². The van der Waals surface area contributed by atoms with Crippen LogP contribution in [0.4, 0.5) is 0 Å². The molecule has 0 amide bonds. The van der Waals surface area contributed by atoms with Crippen LogP contribution in [0.5, 0.6) is 5.75 Å². The summed E-state index contributed by atoms with van der Waals surface area (Å²) in [6.45, 7) is 2.66. The maximum atomic E-state index is 6.46. The molecule has 0 aliphatic carbocycles. The zero-order valence-electron chi connectivity index (χ0n) is 11.5. The van der Waals surface area contributed by atoms with Gasteiger partial charge in [-0.15, -0.1) is 0 Å². The first-order valence-corrected chi connectivity index (χ1v) is 6.50. The Kier molecular flexibility index (Phi) is 4.02. The largest absolute Gasteiger partial charge is 0.497 e. The molecule has 0 aliphatic rings. The Hall–Kier alpha value is -1.65. The lowest BCUT2D eigenvalue weighted by Crippen LogP contribution is -2.34. The second-order valence-electron chi connectivity index (χ2n) is 5.06. The molecule has 0 spiro atoms. The Morgan fingerprint density at radius 2 is 2.16 bits per heavy atom. The van der Waals surface area contributed by atoms with Crippen LogP contribution in [0.1, 0.15) is 25.3 Å². The molecule has 19 heavy (non-hydrogen) atoms. The van der Waals surface area contributed by atoms with Gasteiger partial charge in [0.2, 0.25) is 0 Å². The van der Waals surface area contributed by atoms with E-state index in [2.05, 4.69) is 4.98 Å². The lowest BCUT2D eigenvalue weighted by molar-refractivity contribution is 0.407. The van der Waals surface area contributed by atoms with Gasteiger partial charge in [-0.2, -0.15) is 0 Å². The number of rotatable bonds is 5. The second kappa shape index (κ2) is 5.55. The highest BCUT2D eigenvalue weighted by Crippen LogP contribution is 2.32. The van der Waals surface area contributed by atoms with Crippen molar-refractivity contribution in [2.75, 3.05) is 13.7 Å². The molecule has 0 aliphatic heterocycles. The summed E-state index contributed by atoms with van der Waals surface area (Å²) in [7, 11) is 1.66. The van der Waals surface area contributed by atoms with E-state index in [9.17, 15) is 0 Å². The molecular formula is C15H21N3O. The highest BCUT2D eigenvalue weighted by Gasteiger charge is 2.24. The number of nitrogens with two attached hydrogens (primary N) is 2. The van der Waals surface area contributed by atoms with E-state index in [0.717, 1.165) is 35.1 Å². The van der Waals surface area contributed by atoms with Crippen molar-refractivity contribution in [3.63, 3.8) is 0 Å². The molecule has 1 aromatic heterocycles. The van der Waals surface area contributed by atoms with Crippen LogP contribution in [-0.4, -0.2) is 18.6 Å². The lowest BCUT2D eigenvalue weighted by atomic mass is 9.86. The molecule has 0 bridgehead atoms. The van der Waals surface area contributed by atoms with Crippen molar-refractivity contribution in [1.82, 2.24) is 4.98 Å². The summed E-state index contributed by atoms with van der Waals surface area (Å²) in [5, 5.41) is 1.04. The fraction of sp³-hybridized carbons (Fsp3) is 0.400. The van der Waals surface area contributed by atoms with Gasteiger partial charge in [0, 0.05) is 22.7 Å². The second-order valence-corrected chi connectivity index (χ2v) is 5.06. The molecule has 2 aromatic rings. The van der Waals surface area contributed by atoms with Crippen LogP contribution < -0.4 is 16.2 Å². The highest BCUT2D eigenvalue weighted by molar-refractivity contribution is 5.84. The Morgan fingerprint density at radius 3 is 2.84 bits per heavy atom. The maximum Gasteiger partial charge on any atom is 0.119 e. The Bertz CT molecular complexity index is 566. The number of ether oxygens (including phenoxy) is 1. The molecule has 1 heterocycles. The van der Waals surface area contributed by atoms with Crippen molar-refractivity contribution in [3.05, 3.63) is 36.0 Å². The zero-order chi connectivity index (χ0) is 13.9. The van der Waals surface area contributed by atoms with Crippen LogP contribution in [0, 0.1) is 0 Å². The fourth-order valence-corrected chi connectivity index (χ4v) is 2.32. The monoisotopic (exact) mass is 259 g/mol. The quantitative estimate of drug-likeness (QED) is 0.863. The van der Waals surface area contributed by atoms with Crippen LogP contribution in [0.25, 0.3) is 10.9 Å². The molecule has 102 valence electrons. The number of fused-ring (bicyclic) bond motifs is 1. The number of benzene rings is 1. The summed E-state index contributed by atoms with van der Waals surface area (Å²) in [6, 6.07) is 7.89. The molecule has 0 fully saturated rings. The minimum absolute atomic E-state index is 0.458. The van der Waals surface area contributed by atoms with E-state index in [1.807, 2.05) is 31.2 Å². The van der Waals surface area contributed by atoms with Crippen LogP contribution in [-0.2, 0) is 5.54 Å². The van der Waals surface area contributed by atoms with E-state index < -0.39 is 5.54 Å². The zero-order valence-corrected chi connectivity index (χ0v) is 11.5. The van der Waals surface area contributed by atoms with Crippen molar-refractivity contribution in [2.24, 2.45) is 11.5 Å². The van der Waals surface area contributed by atoms with Crippen molar-refractivity contribution in [3.8, 4) is 5.75 Å². The van der Waals surface area contributed by atoms with Gasteiger partial charge < -0.3 is 16.2 Å². The van der Waals surface area contributed by atoms with Gasteiger partial charge in [0.05, 0.1) is 12.6 Å². The number of methoxy groups -OCH3 is 1. The molecule has 0 radical (unpaired) electrons. The van der Waals surface area contributed by atoms with E-state index in [0.29, 0.717) is 6.54 Å². The Balaban J connectivity index is 2.56. The fourth-order valence-electron chi connectivity index (χ4n) is 2.32. The summed E-state index contributed by atoms with van der Waals surface area (Å²) in [6.07, 6.45) is 3.50. The molecule has 1 aromatic carbocycles. The molecule has 0 saturated carbocycles. The van der Waals surface area contributed by atoms with Gasteiger partial charge in [-0.1, -0.05) is 6.07 Å². The van der Waals surface area contributed by atoms with E-state index in [-0.39, 0.29) is 0 Å². The van der Waals surface area contributed by atoms with Gasteiger partial charge in [-0.3, -0.25) is 4.98 Å². The molecule has 1 atom stereocenters. The third kappa shape index (κ3) is 2.85. The average Bonchev–Trinajstić information content (AvgIpc) is 2.43. The number of nitrogens with zero attached hydrogens (tertiary/aromatic N) is 1. The van der Waals surface area contributed by atoms with E-state index in [1.54, 1.807) is 13.3 Å². The molecule has 0 saturated heterocycles. The lowest BCUT2D eigenvalue weighted by Gasteiger charge is -2.26. The number of pyridine rings is 1. The van der Waals surface area contributed by atoms with Gasteiger partial charge in [0.15, 0.2) is 0 Å². The predicted octanol–water partition coefficient (Wildman–Crippen LogP) is 2.16. The molecule has 2 rings (SSSR count). The Labute approximate surface area is 113 Å². The third-order valence-corrected chi connectivity index (χ3v) is 3.43. The SMILES string of the molecule is COc1cc(C(C)(N)CCCN)c2ncccc2c1. The first-order valence-electron chi connectivity index (χ1n) is 6.50. The minimum Gasteiger partial charge on any atom is -0.497 e. The standard InChI is InChI=1S/C15H21N3O/c1-15(17,6-4-7-16)13-10-12(19-2)9-11-5-3-8-18-14(11)13/h3,5,8-10H,4,6-7,16-17H2,1-2H3. The average molecular weight is 259 g/mol. The Morgan fingerprint density at radius 1 is 1.37 bits per heavy atom. The molecule has 4 nitrogen and oxygen atoms in total. The molecule has 4 heteroatoms. The third-order valence-electron chi connectivity index (χ3n) is 3.43. The number of aromatic nitrogens is 1. The van der Waals surface area contributed by atoms with E-state index in [1.165, 1.54) is 0 Å². The summed E-state index contributed by atoms with van der Waals surface area (Å²) in [4.78, 5) is 4.46. The molecule has 4 N–H and O–H groups in total. The first-order chi connectivity index (χ1) is 9.08. The van der Waals surface area contributed by atoms with Gasteiger partial charge in [0.25, 0.3) is 0 Å². The van der Waals surface area contributed by atoms with Crippen LogP contribution in [0.3, 0.4) is 0 Å². The van der Waals surface area contributed by atoms with E-state index in [4.69, 9.17) is 16.2 Å². The van der Waals surface area contributed by atoms with Crippen LogP contribution in [0.2, 0.25) is 0 Å². The van der Waals surface area contributed by atoms with Gasteiger partial charge >= 0.3 is 0 Å². The van der Waals surface area contributed by atoms with Gasteiger partial charge in [0.1, 0.15) is 5.75 Å². The van der Waals surface area contributed by atoms with Gasteiger partial charge in [-0.25, -0.2) is 0 Å². The maximum absolute atomic E-state index is 6.46. The summed E-state index contributed by atoms with van der Waals surface area (Å²) >= 11 is 0. The van der Waals surface area contributed by atoms with Crippen molar-refractivity contribution in [2.45, 2.75) is 25.3 Å². The van der Waals surface area contributed by atoms with Crippen molar-refractivity contribution in [1.29, 1.82) is 0 Å². The van der Waals surface area contributed by atoms with Gasteiger partial charge in [-0.05, 0) is 44.5 Å². The van der Waals surface area contributed by atoms with Crippen LogP contribution >= 0.6 is 0 Å². The normalized spacial score (nSPS) is 14.3. The van der Waals surface area contributed by atoms with Crippen molar-refractivity contribution >= 4 is 10.9 Å². The first kappa shape index (κ1) is 13.8. The van der Waals surface area contributed by atoms with Crippen molar-refractivity contribution < 1.29 is 4.74 Å². The van der Waals surface area contributed by atoms with E-state index >= 15 is 0 Å². The summed E-state index contributed by atoms with van der Waals surface area (Å²) < 4.78 is 5.35. The highest BCUT2D eigenvalue weighted by atomic mass is 16.5. The smallest absolute Gasteiger partial charge is 0.119 e. The van der Waals surface area contributed by atoms with Crippen LogP contribution in [0.15, 0.2) is 30.5 Å². The summed E-state index contributed by atoms with van der Waals surface area (Å²) in [5.74, 6) is 0.805. The number of hydrogen-bond acceptors (Lipinski definition) is 4. The predicted molar refractivity (Wildman–Crippen MR) is 78.1 cm³/mol. The molecular weight excluding hydrogens is 238 g/mol. The molecule has 1 unspecified atom stereocenters. The number of hydrogen-bond donors (Lipinski definition) is 2. The summed E-state index contributed by atoms with van der Waals surface area (Å²) in [5.41, 5.74) is 13.5.